The Bertz CT molecular complexity index is 741. The van der Waals surface area contributed by atoms with Crippen LogP contribution < -0.4 is 5.43 Å². The van der Waals surface area contributed by atoms with Crippen LogP contribution in [0, 0.1) is 5.82 Å². The molecule has 3 rings (SSSR count). The van der Waals surface area contributed by atoms with E-state index < -0.39 is 0 Å². The molecule has 0 unspecified atom stereocenters. The molecule has 0 atom stereocenters. The molecule has 21 heavy (non-hydrogen) atoms. The van der Waals surface area contributed by atoms with Gasteiger partial charge >= 0.3 is 0 Å². The van der Waals surface area contributed by atoms with Crippen LogP contribution in [0.15, 0.2) is 53.6 Å². The number of anilines is 1. The van der Waals surface area contributed by atoms with E-state index in [0.29, 0.717) is 5.95 Å². The van der Waals surface area contributed by atoms with E-state index in [1.165, 1.54) is 12.1 Å². The van der Waals surface area contributed by atoms with E-state index in [9.17, 15) is 4.39 Å². The van der Waals surface area contributed by atoms with Crippen LogP contribution in [0.25, 0.3) is 11.0 Å². The zero-order valence-electron chi connectivity index (χ0n) is 11.6. The Hall–Kier alpha value is -2.69. The second kappa shape index (κ2) is 5.75. The predicted octanol–water partition coefficient (Wildman–Crippen LogP) is 3.93. The van der Waals surface area contributed by atoms with Gasteiger partial charge in [0.15, 0.2) is 0 Å². The van der Waals surface area contributed by atoms with Crippen LogP contribution in [-0.4, -0.2) is 15.7 Å². The van der Waals surface area contributed by atoms with Crippen molar-refractivity contribution in [1.29, 1.82) is 0 Å². The molecule has 0 bridgehead atoms. The first kappa shape index (κ1) is 13.3. The van der Waals surface area contributed by atoms with Crippen LogP contribution in [-0.2, 0) is 0 Å². The van der Waals surface area contributed by atoms with Crippen molar-refractivity contribution in [2.24, 2.45) is 5.10 Å². The molecular formula is C16H15FN4. The summed E-state index contributed by atoms with van der Waals surface area (Å²) in [5.41, 5.74) is 6.50. The molecule has 106 valence electrons. The van der Waals surface area contributed by atoms with Gasteiger partial charge in [-0.15, -0.1) is 0 Å². The van der Waals surface area contributed by atoms with E-state index in [0.717, 1.165) is 28.7 Å². The molecule has 3 aromatic rings. The fourth-order valence-electron chi connectivity index (χ4n) is 2.12. The summed E-state index contributed by atoms with van der Waals surface area (Å²) in [4.78, 5) is 7.54. The smallest absolute Gasteiger partial charge is 0.222 e. The predicted molar refractivity (Wildman–Crippen MR) is 82.9 cm³/mol. The average molecular weight is 282 g/mol. The number of rotatable bonds is 4. The second-order valence-corrected chi connectivity index (χ2v) is 4.63. The Labute approximate surface area is 121 Å². The van der Waals surface area contributed by atoms with Crippen LogP contribution in [0.4, 0.5) is 10.3 Å². The topological polar surface area (TPSA) is 53.1 Å². The Balaban J connectivity index is 1.83. The largest absolute Gasteiger partial charge is 0.323 e. The SMILES string of the molecule is CCC(=NNc1nc2ccccc2[nH]1)c1ccc(F)cc1. The van der Waals surface area contributed by atoms with Crippen LogP contribution in [0.1, 0.15) is 18.9 Å². The lowest BCUT2D eigenvalue weighted by atomic mass is 10.1. The third kappa shape index (κ3) is 2.91. The zero-order valence-corrected chi connectivity index (χ0v) is 11.6. The minimum absolute atomic E-state index is 0.251. The Kier molecular flexibility index (Phi) is 3.64. The van der Waals surface area contributed by atoms with Gasteiger partial charge in [-0.3, -0.25) is 0 Å². The highest BCUT2D eigenvalue weighted by Gasteiger charge is 2.04. The molecule has 0 saturated carbocycles. The number of benzene rings is 2. The molecule has 0 saturated heterocycles. The van der Waals surface area contributed by atoms with Crippen molar-refractivity contribution >= 4 is 22.7 Å². The Morgan fingerprint density at radius 2 is 1.95 bits per heavy atom. The molecule has 0 aliphatic heterocycles. The lowest BCUT2D eigenvalue weighted by molar-refractivity contribution is 0.627. The molecular weight excluding hydrogens is 267 g/mol. The molecule has 0 spiro atoms. The summed E-state index contributed by atoms with van der Waals surface area (Å²) in [5, 5.41) is 4.36. The first-order valence-corrected chi connectivity index (χ1v) is 6.79. The number of nitrogens with zero attached hydrogens (tertiary/aromatic N) is 2. The van der Waals surface area contributed by atoms with Gasteiger partial charge in [-0.1, -0.05) is 31.2 Å². The molecule has 0 amide bonds. The maximum absolute atomic E-state index is 13.0. The number of aromatic amines is 1. The summed E-state index contributed by atoms with van der Waals surface area (Å²) >= 11 is 0. The quantitative estimate of drug-likeness (QED) is 0.562. The zero-order chi connectivity index (χ0) is 14.7. The summed E-state index contributed by atoms with van der Waals surface area (Å²) in [6, 6.07) is 14.1. The number of para-hydroxylation sites is 2. The van der Waals surface area contributed by atoms with Gasteiger partial charge in [0.1, 0.15) is 5.82 Å². The highest BCUT2D eigenvalue weighted by Crippen LogP contribution is 2.14. The van der Waals surface area contributed by atoms with Crippen LogP contribution >= 0.6 is 0 Å². The van der Waals surface area contributed by atoms with Crippen molar-refractivity contribution in [1.82, 2.24) is 9.97 Å². The first-order valence-electron chi connectivity index (χ1n) is 6.79. The standard InChI is InChI=1S/C16H15FN4/c1-2-13(11-7-9-12(17)10-8-11)20-21-16-18-14-5-3-4-6-15(14)19-16/h3-10H,2H2,1H3,(H2,18,19,21). The molecule has 0 aliphatic rings. The van der Waals surface area contributed by atoms with Crippen molar-refractivity contribution in [2.45, 2.75) is 13.3 Å². The fraction of sp³-hybridized carbons (Fsp3) is 0.125. The molecule has 0 fully saturated rings. The Morgan fingerprint density at radius 3 is 2.67 bits per heavy atom. The third-order valence-corrected chi connectivity index (χ3v) is 3.20. The molecule has 4 nitrogen and oxygen atoms in total. The van der Waals surface area contributed by atoms with Crippen molar-refractivity contribution < 1.29 is 4.39 Å². The first-order chi connectivity index (χ1) is 10.3. The highest BCUT2D eigenvalue weighted by atomic mass is 19.1. The number of hydrogen-bond donors (Lipinski definition) is 2. The number of imidazole rings is 1. The van der Waals surface area contributed by atoms with Crippen LogP contribution in [0.2, 0.25) is 0 Å². The van der Waals surface area contributed by atoms with Gasteiger partial charge in [-0.2, -0.15) is 5.10 Å². The van der Waals surface area contributed by atoms with Gasteiger partial charge in [-0.05, 0) is 36.2 Å². The van der Waals surface area contributed by atoms with Gasteiger partial charge in [0.25, 0.3) is 0 Å². The van der Waals surface area contributed by atoms with Gasteiger partial charge in [-0.25, -0.2) is 14.8 Å². The van der Waals surface area contributed by atoms with Gasteiger partial charge < -0.3 is 4.98 Å². The molecule has 5 heteroatoms. The normalized spacial score (nSPS) is 11.8. The van der Waals surface area contributed by atoms with E-state index in [1.807, 2.05) is 31.2 Å². The molecule has 1 aromatic heterocycles. The van der Waals surface area contributed by atoms with Crippen molar-refractivity contribution in [2.75, 3.05) is 5.43 Å². The van der Waals surface area contributed by atoms with E-state index in [1.54, 1.807) is 12.1 Å². The monoisotopic (exact) mass is 282 g/mol. The minimum Gasteiger partial charge on any atom is -0.323 e. The van der Waals surface area contributed by atoms with Crippen molar-refractivity contribution in [3.63, 3.8) is 0 Å². The summed E-state index contributed by atoms with van der Waals surface area (Å²) in [6.07, 6.45) is 0.735. The minimum atomic E-state index is -0.251. The van der Waals surface area contributed by atoms with Gasteiger partial charge in [0.05, 0.1) is 16.7 Å². The van der Waals surface area contributed by atoms with Crippen molar-refractivity contribution in [3.05, 3.63) is 59.9 Å². The summed E-state index contributed by atoms with van der Waals surface area (Å²) < 4.78 is 13.0. The van der Waals surface area contributed by atoms with Gasteiger partial charge in [0.2, 0.25) is 5.95 Å². The van der Waals surface area contributed by atoms with Gasteiger partial charge in [0, 0.05) is 0 Å². The van der Waals surface area contributed by atoms with E-state index in [-0.39, 0.29) is 5.82 Å². The molecule has 0 aliphatic carbocycles. The second-order valence-electron chi connectivity index (χ2n) is 4.63. The number of H-pyrrole nitrogens is 1. The number of fused-ring (bicyclic) bond motifs is 1. The molecule has 2 N–H and O–H groups in total. The average Bonchev–Trinajstić information content (AvgIpc) is 2.92. The Morgan fingerprint density at radius 1 is 1.19 bits per heavy atom. The number of nitrogens with one attached hydrogen (secondary N) is 2. The lowest BCUT2D eigenvalue weighted by Crippen LogP contribution is -2.03. The van der Waals surface area contributed by atoms with E-state index in [4.69, 9.17) is 0 Å². The molecule has 2 aromatic carbocycles. The summed E-state index contributed by atoms with van der Waals surface area (Å²) in [6.45, 7) is 2.00. The van der Waals surface area contributed by atoms with E-state index in [2.05, 4.69) is 20.5 Å². The number of hydrogen-bond acceptors (Lipinski definition) is 3. The summed E-state index contributed by atoms with van der Waals surface area (Å²) in [5.74, 6) is 0.337. The molecule has 1 heterocycles. The maximum Gasteiger partial charge on any atom is 0.222 e. The fourth-order valence-corrected chi connectivity index (χ4v) is 2.12. The number of hydrazone groups is 1. The van der Waals surface area contributed by atoms with Crippen LogP contribution in [0.3, 0.4) is 0 Å². The van der Waals surface area contributed by atoms with Crippen LogP contribution in [0.5, 0.6) is 0 Å². The number of aromatic nitrogens is 2. The summed E-state index contributed by atoms with van der Waals surface area (Å²) in [7, 11) is 0. The molecule has 0 radical (unpaired) electrons. The lowest BCUT2D eigenvalue weighted by Gasteiger charge is -2.04. The van der Waals surface area contributed by atoms with E-state index >= 15 is 0 Å². The third-order valence-electron chi connectivity index (χ3n) is 3.20. The van der Waals surface area contributed by atoms with Crippen molar-refractivity contribution in [3.8, 4) is 0 Å². The maximum atomic E-state index is 13.0. The number of halogens is 1. The highest BCUT2D eigenvalue weighted by molar-refractivity contribution is 6.00.